The lowest BCUT2D eigenvalue weighted by Gasteiger charge is -2.32. The van der Waals surface area contributed by atoms with E-state index in [4.69, 9.17) is 0 Å². The van der Waals surface area contributed by atoms with Crippen molar-refractivity contribution in [2.45, 2.75) is 11.8 Å². The lowest BCUT2D eigenvalue weighted by Crippen LogP contribution is -2.50. The van der Waals surface area contributed by atoms with Crippen molar-refractivity contribution >= 4 is 26.1 Å². The Kier molecular flexibility index (Phi) is 6.18. The first kappa shape index (κ1) is 21.6. The number of benzene rings is 2. The molecule has 0 spiro atoms. The Morgan fingerprint density at radius 3 is 2.03 bits per heavy atom. The molecule has 1 saturated heterocycles. The first-order valence-electron chi connectivity index (χ1n) is 8.80. The lowest BCUT2D eigenvalue weighted by atomic mass is 10.2. The summed E-state index contributed by atoms with van der Waals surface area (Å²) in [4.78, 5) is -0.630. The summed E-state index contributed by atoms with van der Waals surface area (Å²) >= 11 is 0. The van der Waals surface area contributed by atoms with E-state index in [2.05, 4.69) is 0 Å². The standard InChI is InChI=1S/C19H20F2N2O4S2/c1-15-2-4-16(5-3-15)8-13-28(24,25)22-9-11-23(12-10-22)29(26,27)19-7-6-17(20)14-18(19)21/h2-8,13-14H,9-12H2,1H3. The van der Waals surface area contributed by atoms with Gasteiger partial charge in [-0.1, -0.05) is 29.8 Å². The van der Waals surface area contributed by atoms with Gasteiger partial charge < -0.3 is 0 Å². The highest BCUT2D eigenvalue weighted by Crippen LogP contribution is 2.22. The van der Waals surface area contributed by atoms with Gasteiger partial charge in [0, 0.05) is 37.7 Å². The van der Waals surface area contributed by atoms with Crippen LogP contribution in [-0.4, -0.2) is 51.6 Å². The zero-order valence-corrected chi connectivity index (χ0v) is 17.3. The largest absolute Gasteiger partial charge is 0.246 e. The van der Waals surface area contributed by atoms with E-state index in [1.54, 1.807) is 12.1 Å². The third kappa shape index (κ3) is 4.89. The number of piperazine rings is 1. The number of aryl methyl sites for hydroxylation is 1. The van der Waals surface area contributed by atoms with Crippen molar-refractivity contribution in [3.8, 4) is 0 Å². The highest BCUT2D eigenvalue weighted by molar-refractivity contribution is 7.92. The van der Waals surface area contributed by atoms with Crippen LogP contribution in [0.1, 0.15) is 11.1 Å². The molecule has 0 unspecified atom stereocenters. The Morgan fingerprint density at radius 1 is 0.862 bits per heavy atom. The Balaban J connectivity index is 1.70. The van der Waals surface area contributed by atoms with E-state index < -0.39 is 36.6 Å². The first-order valence-corrected chi connectivity index (χ1v) is 11.7. The molecule has 0 aromatic heterocycles. The second-order valence-corrected chi connectivity index (χ2v) is 10.4. The van der Waals surface area contributed by atoms with Crippen LogP contribution in [0.25, 0.3) is 6.08 Å². The molecule has 2 aromatic carbocycles. The van der Waals surface area contributed by atoms with Crippen LogP contribution in [0.2, 0.25) is 0 Å². The molecule has 29 heavy (non-hydrogen) atoms. The minimum atomic E-state index is -4.19. The summed E-state index contributed by atoms with van der Waals surface area (Å²) in [5.74, 6) is -2.06. The summed E-state index contributed by atoms with van der Waals surface area (Å²) in [6.07, 6.45) is 1.48. The number of hydrogen-bond donors (Lipinski definition) is 0. The minimum Gasteiger partial charge on any atom is -0.208 e. The molecule has 0 amide bonds. The Morgan fingerprint density at radius 2 is 1.45 bits per heavy atom. The van der Waals surface area contributed by atoms with Crippen molar-refractivity contribution in [2.75, 3.05) is 26.2 Å². The van der Waals surface area contributed by atoms with Crippen molar-refractivity contribution in [1.82, 2.24) is 8.61 Å². The summed E-state index contributed by atoms with van der Waals surface area (Å²) < 4.78 is 79.3. The molecule has 1 aliphatic heterocycles. The molecule has 0 atom stereocenters. The topological polar surface area (TPSA) is 74.8 Å². The van der Waals surface area contributed by atoms with Gasteiger partial charge in [-0.15, -0.1) is 0 Å². The third-order valence-electron chi connectivity index (χ3n) is 4.58. The van der Waals surface area contributed by atoms with Crippen molar-refractivity contribution in [1.29, 1.82) is 0 Å². The maximum atomic E-state index is 13.9. The highest BCUT2D eigenvalue weighted by atomic mass is 32.2. The van der Waals surface area contributed by atoms with Gasteiger partial charge in [-0.25, -0.2) is 25.6 Å². The van der Waals surface area contributed by atoms with Crippen molar-refractivity contribution in [3.63, 3.8) is 0 Å². The maximum absolute atomic E-state index is 13.9. The molecule has 1 fully saturated rings. The van der Waals surface area contributed by atoms with Crippen LogP contribution in [0, 0.1) is 18.6 Å². The summed E-state index contributed by atoms with van der Waals surface area (Å²) in [6.45, 7) is 1.54. The molecule has 0 radical (unpaired) electrons. The molecule has 0 bridgehead atoms. The molecular formula is C19H20F2N2O4S2. The zero-order valence-electron chi connectivity index (χ0n) is 15.6. The lowest BCUT2D eigenvalue weighted by molar-refractivity contribution is 0.274. The summed E-state index contributed by atoms with van der Waals surface area (Å²) in [6, 6.07) is 9.56. The predicted octanol–water partition coefficient (Wildman–Crippen LogP) is 2.58. The van der Waals surface area contributed by atoms with E-state index >= 15 is 0 Å². The van der Waals surface area contributed by atoms with E-state index in [9.17, 15) is 25.6 Å². The molecule has 0 aliphatic carbocycles. The minimum absolute atomic E-state index is 0.0669. The smallest absolute Gasteiger partial charge is 0.208 e. The second-order valence-electron chi connectivity index (χ2n) is 6.64. The highest BCUT2D eigenvalue weighted by Gasteiger charge is 2.33. The second kappa shape index (κ2) is 8.31. The van der Waals surface area contributed by atoms with E-state index in [0.29, 0.717) is 6.07 Å². The van der Waals surface area contributed by atoms with Gasteiger partial charge in [-0.05, 0) is 30.7 Å². The fraction of sp³-hybridized carbons (Fsp3) is 0.263. The molecule has 1 aliphatic rings. The average molecular weight is 443 g/mol. The number of hydrogen-bond acceptors (Lipinski definition) is 4. The van der Waals surface area contributed by atoms with Crippen molar-refractivity contribution < 1.29 is 25.6 Å². The summed E-state index contributed by atoms with van der Waals surface area (Å²) in [7, 11) is -7.92. The number of nitrogens with zero attached hydrogens (tertiary/aromatic N) is 2. The van der Waals surface area contributed by atoms with Gasteiger partial charge in [0.05, 0.1) is 0 Å². The maximum Gasteiger partial charge on any atom is 0.246 e. The van der Waals surface area contributed by atoms with Crippen LogP contribution in [0.5, 0.6) is 0 Å². The molecular weight excluding hydrogens is 422 g/mol. The van der Waals surface area contributed by atoms with Crippen molar-refractivity contribution in [2.24, 2.45) is 0 Å². The third-order valence-corrected chi connectivity index (χ3v) is 8.08. The quantitative estimate of drug-likeness (QED) is 0.713. The van der Waals surface area contributed by atoms with Gasteiger partial charge in [0.15, 0.2) is 0 Å². The molecule has 2 aromatic rings. The number of rotatable bonds is 5. The number of halogens is 2. The van der Waals surface area contributed by atoms with Gasteiger partial charge in [0.2, 0.25) is 20.0 Å². The van der Waals surface area contributed by atoms with Crippen LogP contribution in [0.3, 0.4) is 0 Å². The van der Waals surface area contributed by atoms with Crippen LogP contribution < -0.4 is 0 Å². The molecule has 10 heteroatoms. The number of sulfonamides is 2. The normalized spacial score (nSPS) is 17.1. The zero-order chi connectivity index (χ0) is 21.2. The van der Waals surface area contributed by atoms with Crippen LogP contribution in [0.15, 0.2) is 52.8 Å². The first-order chi connectivity index (χ1) is 13.6. The Bertz CT molecular complexity index is 1120. The van der Waals surface area contributed by atoms with Gasteiger partial charge in [0.1, 0.15) is 16.5 Å². The fourth-order valence-electron chi connectivity index (χ4n) is 2.92. The summed E-state index contributed by atoms with van der Waals surface area (Å²) in [5, 5.41) is 1.08. The van der Waals surface area contributed by atoms with E-state index in [1.165, 1.54) is 10.4 Å². The molecule has 0 N–H and O–H groups in total. The van der Waals surface area contributed by atoms with E-state index in [1.807, 2.05) is 19.1 Å². The van der Waals surface area contributed by atoms with Crippen LogP contribution >= 0.6 is 0 Å². The molecule has 6 nitrogen and oxygen atoms in total. The van der Waals surface area contributed by atoms with Gasteiger partial charge in [-0.2, -0.15) is 8.61 Å². The Hall–Kier alpha value is -2.14. The van der Waals surface area contributed by atoms with Gasteiger partial charge in [-0.3, -0.25) is 0 Å². The molecule has 156 valence electrons. The molecule has 3 rings (SSSR count). The van der Waals surface area contributed by atoms with E-state index in [-0.39, 0.29) is 26.2 Å². The van der Waals surface area contributed by atoms with Gasteiger partial charge >= 0.3 is 0 Å². The SMILES string of the molecule is Cc1ccc(C=CS(=O)(=O)N2CCN(S(=O)(=O)c3ccc(F)cc3F)CC2)cc1. The van der Waals surface area contributed by atoms with E-state index in [0.717, 1.165) is 33.0 Å². The monoisotopic (exact) mass is 442 g/mol. The predicted molar refractivity (Wildman–Crippen MR) is 106 cm³/mol. The fourth-order valence-corrected chi connectivity index (χ4v) is 5.56. The van der Waals surface area contributed by atoms with Gasteiger partial charge in [0.25, 0.3) is 0 Å². The molecule has 0 saturated carbocycles. The van der Waals surface area contributed by atoms with Crippen LogP contribution in [-0.2, 0) is 20.0 Å². The van der Waals surface area contributed by atoms with Crippen LogP contribution in [0.4, 0.5) is 8.78 Å². The molecule has 1 heterocycles. The summed E-state index contributed by atoms with van der Waals surface area (Å²) in [5.41, 5.74) is 1.78. The van der Waals surface area contributed by atoms with Crippen molar-refractivity contribution in [3.05, 3.63) is 70.6 Å². The average Bonchev–Trinajstić information content (AvgIpc) is 2.67. The Labute approximate surface area is 169 Å².